The van der Waals surface area contributed by atoms with Crippen molar-refractivity contribution in [2.45, 2.75) is 45.2 Å². The highest BCUT2D eigenvalue weighted by molar-refractivity contribution is 6.30. The zero-order chi connectivity index (χ0) is 33.6. The van der Waals surface area contributed by atoms with Crippen LogP contribution in [0.2, 0.25) is 5.02 Å². The second-order valence-electron chi connectivity index (χ2n) is 12.5. The number of ether oxygens (including phenoxy) is 3. The molecule has 48 heavy (non-hydrogen) atoms. The van der Waals surface area contributed by atoms with Crippen LogP contribution >= 0.6 is 11.6 Å². The van der Waals surface area contributed by atoms with Gasteiger partial charge in [-0.05, 0) is 79.1 Å². The number of piperazine rings is 1. The van der Waals surface area contributed by atoms with Gasteiger partial charge in [0.25, 0.3) is 5.91 Å². The van der Waals surface area contributed by atoms with Crippen LogP contribution in [0.5, 0.6) is 17.2 Å². The molecule has 252 valence electrons. The topological polar surface area (TPSA) is 80.3 Å². The maximum absolute atomic E-state index is 14.1. The van der Waals surface area contributed by atoms with Crippen LogP contribution in [0.3, 0.4) is 0 Å². The number of anilines is 1. The van der Waals surface area contributed by atoms with Crippen molar-refractivity contribution < 1.29 is 19.0 Å². The van der Waals surface area contributed by atoms with E-state index in [1.165, 1.54) is 16.7 Å². The maximum Gasteiger partial charge on any atom is 0.257 e. The lowest BCUT2D eigenvalue weighted by Gasteiger charge is -2.35. The molecule has 0 radical (unpaired) electrons. The molecule has 0 bridgehead atoms. The number of aromatic nitrogens is 2. The predicted octanol–water partition coefficient (Wildman–Crippen LogP) is 6.55. The number of amides is 1. The molecule has 0 saturated carbocycles. The van der Waals surface area contributed by atoms with Crippen molar-refractivity contribution in [3.05, 3.63) is 105 Å². The van der Waals surface area contributed by atoms with Crippen LogP contribution < -0.4 is 19.1 Å². The Morgan fingerprint density at radius 2 is 1.60 bits per heavy atom. The molecule has 2 aliphatic heterocycles. The van der Waals surface area contributed by atoms with Gasteiger partial charge in [0.05, 0.1) is 38.6 Å². The van der Waals surface area contributed by atoms with Gasteiger partial charge in [-0.2, -0.15) is 0 Å². The fourth-order valence-corrected chi connectivity index (χ4v) is 6.99. The minimum absolute atomic E-state index is 0.00978. The highest BCUT2D eigenvalue weighted by Crippen LogP contribution is 2.39. The van der Waals surface area contributed by atoms with Gasteiger partial charge in [-0.3, -0.25) is 9.69 Å². The standard InChI is InChI=1S/C38H44ClN5O4/c1-26-8-5-6-9-28(26)13-16-32-31(24-40-38(41-32)44-17-7-10-33(44)29-11-14-30(39)15-12-29)37(45)43-20-18-42(19-21-43)25-27-22-34(46-2)36(48-4)35(23-27)47-3/h5-6,8-9,11-12,14-15,22-24,33H,7,10,13,16-21,25H2,1-4H3. The summed E-state index contributed by atoms with van der Waals surface area (Å²) in [6, 6.07) is 20.6. The van der Waals surface area contributed by atoms with Gasteiger partial charge < -0.3 is 24.0 Å². The van der Waals surface area contributed by atoms with Gasteiger partial charge in [-0.15, -0.1) is 0 Å². The van der Waals surface area contributed by atoms with Crippen LogP contribution in [-0.4, -0.2) is 79.7 Å². The van der Waals surface area contributed by atoms with E-state index in [1.54, 1.807) is 27.5 Å². The van der Waals surface area contributed by atoms with E-state index in [9.17, 15) is 4.79 Å². The van der Waals surface area contributed by atoms with Crippen LogP contribution in [0.4, 0.5) is 5.95 Å². The summed E-state index contributed by atoms with van der Waals surface area (Å²) >= 11 is 6.19. The first-order valence-electron chi connectivity index (χ1n) is 16.6. The van der Waals surface area contributed by atoms with E-state index in [1.807, 2.05) is 29.2 Å². The second kappa shape index (κ2) is 15.3. The van der Waals surface area contributed by atoms with Crippen LogP contribution in [0.15, 0.2) is 66.9 Å². The van der Waals surface area contributed by atoms with Crippen LogP contribution in [0.1, 0.15) is 57.2 Å². The molecule has 0 N–H and O–H groups in total. The summed E-state index contributed by atoms with van der Waals surface area (Å²) in [6.45, 7) is 6.44. The van der Waals surface area contributed by atoms with Gasteiger partial charge in [0.15, 0.2) is 11.5 Å². The van der Waals surface area contributed by atoms with Crippen LogP contribution in [0, 0.1) is 6.92 Å². The lowest BCUT2D eigenvalue weighted by Crippen LogP contribution is -2.48. The first kappa shape index (κ1) is 33.6. The van der Waals surface area contributed by atoms with Crippen molar-refractivity contribution in [3.63, 3.8) is 0 Å². The number of carbonyl (C=O) groups excluding carboxylic acids is 1. The number of hydrogen-bond donors (Lipinski definition) is 0. The average molecular weight is 670 g/mol. The smallest absolute Gasteiger partial charge is 0.257 e. The number of rotatable bonds is 11. The summed E-state index contributed by atoms with van der Waals surface area (Å²) in [5.74, 6) is 2.52. The normalized spacial score (nSPS) is 16.6. The molecule has 10 heteroatoms. The molecule has 2 saturated heterocycles. The minimum atomic E-state index is -0.00978. The lowest BCUT2D eigenvalue weighted by atomic mass is 10.0. The monoisotopic (exact) mass is 669 g/mol. The quantitative estimate of drug-likeness (QED) is 0.178. The Morgan fingerprint density at radius 3 is 2.27 bits per heavy atom. The van der Waals surface area contributed by atoms with Gasteiger partial charge in [0.2, 0.25) is 11.7 Å². The summed E-state index contributed by atoms with van der Waals surface area (Å²) in [6.07, 6.45) is 5.28. The number of aryl methyl sites for hydroxylation is 3. The summed E-state index contributed by atoms with van der Waals surface area (Å²) in [5, 5.41) is 0.725. The van der Waals surface area contributed by atoms with Crippen LogP contribution in [0.25, 0.3) is 0 Å². The molecule has 2 fully saturated rings. The molecular weight excluding hydrogens is 626 g/mol. The van der Waals surface area contributed by atoms with Crippen molar-refractivity contribution in [2.24, 2.45) is 0 Å². The molecule has 4 aromatic rings. The molecule has 1 aromatic heterocycles. The fraction of sp³-hybridized carbons (Fsp3) is 0.395. The highest BCUT2D eigenvalue weighted by atomic mass is 35.5. The molecule has 2 aliphatic rings. The number of benzene rings is 3. The number of methoxy groups -OCH3 is 3. The van der Waals surface area contributed by atoms with Gasteiger partial charge >= 0.3 is 0 Å². The van der Waals surface area contributed by atoms with Gasteiger partial charge in [-0.1, -0.05) is 48.0 Å². The fourth-order valence-electron chi connectivity index (χ4n) is 6.86. The van der Waals surface area contributed by atoms with Crippen molar-refractivity contribution in [1.29, 1.82) is 0 Å². The molecular formula is C38H44ClN5O4. The second-order valence-corrected chi connectivity index (χ2v) is 12.9. The molecule has 3 aromatic carbocycles. The van der Waals surface area contributed by atoms with E-state index in [0.29, 0.717) is 54.8 Å². The van der Waals surface area contributed by atoms with E-state index in [-0.39, 0.29) is 11.9 Å². The molecule has 1 atom stereocenters. The lowest BCUT2D eigenvalue weighted by molar-refractivity contribution is 0.0626. The van der Waals surface area contributed by atoms with E-state index < -0.39 is 0 Å². The van der Waals surface area contributed by atoms with Crippen LogP contribution in [-0.2, 0) is 19.4 Å². The molecule has 1 amide bonds. The average Bonchev–Trinajstić information content (AvgIpc) is 3.61. The van der Waals surface area contributed by atoms with E-state index in [0.717, 1.165) is 55.2 Å². The summed E-state index contributed by atoms with van der Waals surface area (Å²) in [5.41, 5.74) is 6.15. The third-order valence-corrected chi connectivity index (χ3v) is 9.78. The highest BCUT2D eigenvalue weighted by Gasteiger charge is 2.30. The Balaban J connectivity index is 1.20. The maximum atomic E-state index is 14.1. The number of halogens is 1. The zero-order valence-corrected chi connectivity index (χ0v) is 29.0. The number of carbonyl (C=O) groups is 1. The molecule has 0 aliphatic carbocycles. The molecule has 9 nitrogen and oxygen atoms in total. The third kappa shape index (κ3) is 7.37. The van der Waals surface area contributed by atoms with Crippen molar-refractivity contribution in [2.75, 3.05) is 59.0 Å². The van der Waals surface area contributed by atoms with Gasteiger partial charge in [-0.25, -0.2) is 9.97 Å². The van der Waals surface area contributed by atoms with E-state index >= 15 is 0 Å². The molecule has 1 unspecified atom stereocenters. The first-order valence-corrected chi connectivity index (χ1v) is 17.0. The predicted molar refractivity (Wildman–Crippen MR) is 189 cm³/mol. The van der Waals surface area contributed by atoms with E-state index in [4.69, 9.17) is 35.8 Å². The Hall–Kier alpha value is -4.34. The number of nitrogens with zero attached hydrogens (tertiary/aromatic N) is 5. The Bertz CT molecular complexity index is 1700. The summed E-state index contributed by atoms with van der Waals surface area (Å²) < 4.78 is 16.6. The number of hydrogen-bond acceptors (Lipinski definition) is 8. The van der Waals surface area contributed by atoms with Crippen molar-refractivity contribution in [1.82, 2.24) is 19.8 Å². The first-order chi connectivity index (χ1) is 23.4. The zero-order valence-electron chi connectivity index (χ0n) is 28.2. The molecule has 6 rings (SSSR count). The molecule has 0 spiro atoms. The Labute approximate surface area is 288 Å². The van der Waals surface area contributed by atoms with Crippen molar-refractivity contribution in [3.8, 4) is 17.2 Å². The Morgan fingerprint density at radius 1 is 0.896 bits per heavy atom. The minimum Gasteiger partial charge on any atom is -0.493 e. The summed E-state index contributed by atoms with van der Waals surface area (Å²) in [7, 11) is 4.85. The Kier molecular flexibility index (Phi) is 10.7. The third-order valence-electron chi connectivity index (χ3n) is 9.53. The van der Waals surface area contributed by atoms with Crippen molar-refractivity contribution >= 4 is 23.5 Å². The van der Waals surface area contributed by atoms with Gasteiger partial charge in [0, 0.05) is 50.5 Å². The van der Waals surface area contributed by atoms with Gasteiger partial charge in [0.1, 0.15) is 0 Å². The molecule has 3 heterocycles. The SMILES string of the molecule is COc1cc(CN2CCN(C(=O)c3cnc(N4CCCC4c4ccc(Cl)cc4)nc3CCc3ccccc3C)CC2)cc(OC)c1OC. The largest absolute Gasteiger partial charge is 0.493 e. The van der Waals surface area contributed by atoms with E-state index in [2.05, 4.69) is 53.1 Å². The summed E-state index contributed by atoms with van der Waals surface area (Å²) in [4.78, 5) is 30.6.